The van der Waals surface area contributed by atoms with Crippen LogP contribution < -0.4 is 9.47 Å². The second-order valence-corrected chi connectivity index (χ2v) is 3.95. The van der Waals surface area contributed by atoms with Gasteiger partial charge in [-0.05, 0) is 43.3 Å². The van der Waals surface area contributed by atoms with Gasteiger partial charge in [0.2, 0.25) is 5.76 Å². The molecule has 0 saturated carbocycles. The lowest BCUT2D eigenvalue weighted by molar-refractivity contribution is 0.0486. The normalized spacial score (nSPS) is 10.1. The highest BCUT2D eigenvalue weighted by molar-refractivity contribution is 5.86. The van der Waals surface area contributed by atoms with Crippen molar-refractivity contribution in [2.75, 3.05) is 13.7 Å². The molecule has 106 valence electrons. The Balaban J connectivity index is 1.91. The van der Waals surface area contributed by atoms with E-state index in [4.69, 9.17) is 18.6 Å². The molecular weight excluding hydrogens is 260 g/mol. The smallest absolute Gasteiger partial charge is 0.374 e. The SMILES string of the molecule is CCOC(=O)c1ccc(COc2ccc(OC)cc2)o1. The van der Waals surface area contributed by atoms with Crippen molar-refractivity contribution in [3.05, 3.63) is 47.9 Å². The molecule has 0 unspecified atom stereocenters. The second-order valence-electron chi connectivity index (χ2n) is 3.95. The van der Waals surface area contributed by atoms with Crippen LogP contribution in [-0.4, -0.2) is 19.7 Å². The molecule has 0 aliphatic rings. The first-order valence-corrected chi connectivity index (χ1v) is 6.25. The Labute approximate surface area is 117 Å². The topological polar surface area (TPSA) is 57.9 Å². The number of carbonyl (C=O) groups excluding carboxylic acids is 1. The first kappa shape index (κ1) is 14.0. The van der Waals surface area contributed by atoms with Crippen molar-refractivity contribution in [3.8, 4) is 11.5 Å². The lowest BCUT2D eigenvalue weighted by Gasteiger charge is -2.05. The monoisotopic (exact) mass is 276 g/mol. The maximum Gasteiger partial charge on any atom is 0.374 e. The molecule has 20 heavy (non-hydrogen) atoms. The molecule has 2 rings (SSSR count). The molecule has 0 aliphatic heterocycles. The van der Waals surface area contributed by atoms with Crippen molar-refractivity contribution >= 4 is 5.97 Å². The molecule has 1 aromatic heterocycles. The summed E-state index contributed by atoms with van der Waals surface area (Å²) in [5, 5.41) is 0. The average Bonchev–Trinajstić information content (AvgIpc) is 2.95. The maximum absolute atomic E-state index is 11.4. The van der Waals surface area contributed by atoms with Gasteiger partial charge in [-0.1, -0.05) is 0 Å². The fourth-order valence-corrected chi connectivity index (χ4v) is 1.59. The third-order valence-electron chi connectivity index (χ3n) is 2.58. The Hall–Kier alpha value is -2.43. The van der Waals surface area contributed by atoms with Crippen LogP contribution in [0.15, 0.2) is 40.8 Å². The second kappa shape index (κ2) is 6.65. The van der Waals surface area contributed by atoms with E-state index in [2.05, 4.69) is 0 Å². The summed E-state index contributed by atoms with van der Waals surface area (Å²) in [7, 11) is 1.61. The Morgan fingerprint density at radius 3 is 2.45 bits per heavy atom. The van der Waals surface area contributed by atoms with E-state index in [0.717, 1.165) is 5.75 Å². The molecule has 0 radical (unpaired) electrons. The molecule has 0 aliphatic carbocycles. The van der Waals surface area contributed by atoms with Crippen molar-refractivity contribution in [2.45, 2.75) is 13.5 Å². The van der Waals surface area contributed by atoms with Gasteiger partial charge in [0.15, 0.2) is 0 Å². The third-order valence-corrected chi connectivity index (χ3v) is 2.58. The zero-order valence-electron chi connectivity index (χ0n) is 11.4. The van der Waals surface area contributed by atoms with Crippen LogP contribution in [0.2, 0.25) is 0 Å². The Kier molecular flexibility index (Phi) is 4.65. The standard InChI is InChI=1S/C15H16O5/c1-3-18-15(16)14-9-8-13(20-14)10-19-12-6-4-11(17-2)5-7-12/h4-9H,3,10H2,1-2H3. The average molecular weight is 276 g/mol. The van der Waals surface area contributed by atoms with Crippen LogP contribution in [0.3, 0.4) is 0 Å². The Bertz CT molecular complexity index is 556. The molecule has 0 amide bonds. The van der Waals surface area contributed by atoms with Crippen molar-refractivity contribution in [1.82, 2.24) is 0 Å². The van der Waals surface area contributed by atoms with Crippen LogP contribution in [-0.2, 0) is 11.3 Å². The van der Waals surface area contributed by atoms with E-state index >= 15 is 0 Å². The number of furan rings is 1. The zero-order chi connectivity index (χ0) is 14.4. The summed E-state index contributed by atoms with van der Waals surface area (Å²) in [5.41, 5.74) is 0. The number of benzene rings is 1. The predicted octanol–water partition coefficient (Wildman–Crippen LogP) is 3.04. The van der Waals surface area contributed by atoms with E-state index in [9.17, 15) is 4.79 Å². The van der Waals surface area contributed by atoms with Crippen molar-refractivity contribution in [2.24, 2.45) is 0 Å². The third kappa shape index (κ3) is 3.54. The van der Waals surface area contributed by atoms with Gasteiger partial charge in [-0.15, -0.1) is 0 Å². The van der Waals surface area contributed by atoms with Gasteiger partial charge in [0, 0.05) is 0 Å². The fraction of sp³-hybridized carbons (Fsp3) is 0.267. The van der Waals surface area contributed by atoms with E-state index in [1.165, 1.54) is 0 Å². The summed E-state index contributed by atoms with van der Waals surface area (Å²) in [6.07, 6.45) is 0. The Morgan fingerprint density at radius 2 is 1.80 bits per heavy atom. The van der Waals surface area contributed by atoms with Gasteiger partial charge in [0.1, 0.15) is 23.9 Å². The molecule has 5 nitrogen and oxygen atoms in total. The predicted molar refractivity (Wildman–Crippen MR) is 72.0 cm³/mol. The van der Waals surface area contributed by atoms with Crippen LogP contribution in [0.5, 0.6) is 11.5 Å². The van der Waals surface area contributed by atoms with Gasteiger partial charge in [0.25, 0.3) is 0 Å². The highest BCUT2D eigenvalue weighted by Gasteiger charge is 2.12. The van der Waals surface area contributed by atoms with E-state index in [-0.39, 0.29) is 12.4 Å². The molecule has 2 aromatic rings. The summed E-state index contributed by atoms with van der Waals surface area (Å²) in [4.78, 5) is 11.4. The van der Waals surface area contributed by atoms with Crippen molar-refractivity contribution in [1.29, 1.82) is 0 Å². The molecular formula is C15H16O5. The van der Waals surface area contributed by atoms with Crippen LogP contribution >= 0.6 is 0 Å². The molecule has 0 spiro atoms. The van der Waals surface area contributed by atoms with E-state index in [1.807, 2.05) is 12.1 Å². The molecule has 1 heterocycles. The van der Waals surface area contributed by atoms with Gasteiger partial charge in [-0.25, -0.2) is 4.79 Å². The van der Waals surface area contributed by atoms with Gasteiger partial charge >= 0.3 is 5.97 Å². The van der Waals surface area contributed by atoms with Crippen LogP contribution in [0.25, 0.3) is 0 Å². The number of rotatable bonds is 6. The highest BCUT2D eigenvalue weighted by Crippen LogP contribution is 2.19. The van der Waals surface area contributed by atoms with E-state index in [0.29, 0.717) is 18.1 Å². The number of methoxy groups -OCH3 is 1. The Morgan fingerprint density at radius 1 is 1.10 bits per heavy atom. The van der Waals surface area contributed by atoms with Crippen molar-refractivity contribution in [3.63, 3.8) is 0 Å². The molecule has 5 heteroatoms. The zero-order valence-corrected chi connectivity index (χ0v) is 11.4. The highest BCUT2D eigenvalue weighted by atomic mass is 16.5. The van der Waals surface area contributed by atoms with Gasteiger partial charge in [-0.3, -0.25) is 0 Å². The number of carbonyl (C=O) groups is 1. The molecule has 0 saturated heterocycles. The van der Waals surface area contributed by atoms with Crippen LogP contribution in [0.1, 0.15) is 23.2 Å². The number of hydrogen-bond acceptors (Lipinski definition) is 5. The summed E-state index contributed by atoms with van der Waals surface area (Å²) in [5.74, 6) is 1.73. The fourth-order valence-electron chi connectivity index (χ4n) is 1.59. The number of hydrogen-bond donors (Lipinski definition) is 0. The van der Waals surface area contributed by atoms with Crippen LogP contribution in [0.4, 0.5) is 0 Å². The molecule has 0 atom stereocenters. The van der Waals surface area contributed by atoms with Gasteiger partial charge in [0.05, 0.1) is 13.7 Å². The van der Waals surface area contributed by atoms with Crippen LogP contribution in [0, 0.1) is 0 Å². The molecule has 0 N–H and O–H groups in total. The van der Waals surface area contributed by atoms with E-state index < -0.39 is 5.97 Å². The lowest BCUT2D eigenvalue weighted by atomic mass is 10.3. The number of esters is 1. The quantitative estimate of drug-likeness (QED) is 0.759. The minimum Gasteiger partial charge on any atom is -0.497 e. The molecule has 0 fully saturated rings. The summed E-state index contributed by atoms with van der Waals surface area (Å²) >= 11 is 0. The summed E-state index contributed by atoms with van der Waals surface area (Å²) in [6.45, 7) is 2.30. The first-order chi connectivity index (χ1) is 9.72. The van der Waals surface area contributed by atoms with Gasteiger partial charge in [-0.2, -0.15) is 0 Å². The first-order valence-electron chi connectivity index (χ1n) is 6.25. The van der Waals surface area contributed by atoms with Gasteiger partial charge < -0.3 is 18.6 Å². The maximum atomic E-state index is 11.4. The largest absolute Gasteiger partial charge is 0.497 e. The summed E-state index contributed by atoms with van der Waals surface area (Å²) < 4.78 is 20.8. The summed E-state index contributed by atoms with van der Waals surface area (Å²) in [6, 6.07) is 10.5. The molecule has 1 aromatic carbocycles. The van der Waals surface area contributed by atoms with E-state index in [1.54, 1.807) is 38.3 Å². The van der Waals surface area contributed by atoms with Crippen molar-refractivity contribution < 1.29 is 23.4 Å². The lowest BCUT2D eigenvalue weighted by Crippen LogP contribution is -2.02. The minimum absolute atomic E-state index is 0.181. The minimum atomic E-state index is -0.469. The number of ether oxygens (including phenoxy) is 3. The molecule has 0 bridgehead atoms.